The highest BCUT2D eigenvalue weighted by Gasteiger charge is 2.22. The van der Waals surface area contributed by atoms with E-state index >= 15 is 0 Å². The molecule has 1 aliphatic heterocycles. The number of aromatic nitrogens is 4. The second-order valence-electron chi connectivity index (χ2n) is 11.0. The number of rotatable bonds is 7. The lowest BCUT2D eigenvalue weighted by Gasteiger charge is -2.35. The highest BCUT2D eigenvalue weighted by atomic mass is 32.1. The molecule has 2 aliphatic rings. The Morgan fingerprint density at radius 3 is 2.64 bits per heavy atom. The SMILES string of the molecule is C[C@@H]1CN(Cc2cncc(-c3ccc4nc(Cc5ccnc(NC6CCC(O)CC6)n5)sc4c3)c2)C[C@H](C)O1. The Labute approximate surface area is 233 Å². The van der Waals surface area contributed by atoms with Gasteiger partial charge in [0.15, 0.2) is 0 Å². The van der Waals surface area contributed by atoms with Gasteiger partial charge in [-0.15, -0.1) is 11.3 Å². The Hall–Kier alpha value is -2.98. The van der Waals surface area contributed by atoms with Crippen molar-refractivity contribution in [2.45, 2.75) is 76.9 Å². The summed E-state index contributed by atoms with van der Waals surface area (Å²) in [5.74, 6) is 0.658. The highest BCUT2D eigenvalue weighted by Crippen LogP contribution is 2.30. The summed E-state index contributed by atoms with van der Waals surface area (Å²) in [7, 11) is 0. The lowest BCUT2D eigenvalue weighted by molar-refractivity contribution is -0.0705. The second kappa shape index (κ2) is 11.6. The molecule has 2 atom stereocenters. The van der Waals surface area contributed by atoms with Crippen molar-refractivity contribution in [3.05, 3.63) is 65.2 Å². The fourth-order valence-electron chi connectivity index (χ4n) is 5.75. The number of aliphatic hydroxyl groups excluding tert-OH is 1. The highest BCUT2D eigenvalue weighted by molar-refractivity contribution is 7.18. The third-order valence-electron chi connectivity index (χ3n) is 7.54. The van der Waals surface area contributed by atoms with E-state index in [0.717, 1.165) is 77.4 Å². The molecule has 4 aromatic rings. The summed E-state index contributed by atoms with van der Waals surface area (Å²) in [6, 6.07) is 11.0. The molecule has 0 bridgehead atoms. The molecule has 39 heavy (non-hydrogen) atoms. The van der Waals surface area contributed by atoms with Crippen molar-refractivity contribution in [1.29, 1.82) is 0 Å². The lowest BCUT2D eigenvalue weighted by Crippen LogP contribution is -2.44. The number of benzene rings is 1. The van der Waals surface area contributed by atoms with Crippen molar-refractivity contribution in [1.82, 2.24) is 24.8 Å². The predicted molar refractivity (Wildman–Crippen MR) is 155 cm³/mol. The van der Waals surface area contributed by atoms with Gasteiger partial charge in [-0.3, -0.25) is 9.88 Å². The first-order valence-electron chi connectivity index (χ1n) is 13.9. The largest absolute Gasteiger partial charge is 0.393 e. The summed E-state index contributed by atoms with van der Waals surface area (Å²) in [5.41, 5.74) is 5.46. The number of nitrogens with one attached hydrogen (secondary N) is 1. The average molecular weight is 545 g/mol. The second-order valence-corrected chi connectivity index (χ2v) is 12.1. The number of pyridine rings is 1. The monoisotopic (exact) mass is 544 g/mol. The zero-order valence-electron chi connectivity index (χ0n) is 22.6. The van der Waals surface area contributed by atoms with E-state index in [4.69, 9.17) is 14.7 Å². The molecular formula is C30H36N6O2S. The Balaban J connectivity index is 1.14. The van der Waals surface area contributed by atoms with Crippen molar-refractivity contribution in [2.75, 3.05) is 18.4 Å². The summed E-state index contributed by atoms with van der Waals surface area (Å²) in [6.07, 6.45) is 10.3. The fraction of sp³-hybridized carbons (Fsp3) is 0.467. The van der Waals surface area contributed by atoms with Crippen LogP contribution < -0.4 is 5.32 Å². The number of nitrogens with zero attached hydrogens (tertiary/aromatic N) is 5. The molecule has 2 fully saturated rings. The zero-order valence-corrected chi connectivity index (χ0v) is 23.4. The van der Waals surface area contributed by atoms with Gasteiger partial charge >= 0.3 is 0 Å². The molecule has 0 radical (unpaired) electrons. The van der Waals surface area contributed by atoms with Gasteiger partial charge in [0.1, 0.15) is 0 Å². The van der Waals surface area contributed by atoms with Gasteiger partial charge in [0.2, 0.25) is 5.95 Å². The van der Waals surface area contributed by atoms with Crippen LogP contribution >= 0.6 is 11.3 Å². The smallest absolute Gasteiger partial charge is 0.223 e. The molecule has 1 aliphatic carbocycles. The van der Waals surface area contributed by atoms with Crippen LogP contribution in [0, 0.1) is 0 Å². The van der Waals surface area contributed by atoms with Crippen molar-refractivity contribution in [3.63, 3.8) is 0 Å². The van der Waals surface area contributed by atoms with Gasteiger partial charge < -0.3 is 15.2 Å². The number of fused-ring (bicyclic) bond motifs is 1. The molecule has 204 valence electrons. The molecule has 1 saturated heterocycles. The van der Waals surface area contributed by atoms with Gasteiger partial charge in [0.25, 0.3) is 0 Å². The van der Waals surface area contributed by atoms with Crippen LogP contribution in [0.4, 0.5) is 5.95 Å². The van der Waals surface area contributed by atoms with Crippen LogP contribution in [0.25, 0.3) is 21.3 Å². The van der Waals surface area contributed by atoms with Crippen LogP contribution in [-0.2, 0) is 17.7 Å². The molecule has 1 aromatic carbocycles. The Bertz CT molecular complexity index is 1410. The fourth-order valence-corrected chi connectivity index (χ4v) is 6.77. The first-order valence-corrected chi connectivity index (χ1v) is 14.8. The molecule has 3 aromatic heterocycles. The van der Waals surface area contributed by atoms with Gasteiger partial charge in [-0.05, 0) is 74.9 Å². The van der Waals surface area contributed by atoms with Gasteiger partial charge in [-0.1, -0.05) is 6.07 Å². The topological polar surface area (TPSA) is 96.3 Å². The summed E-state index contributed by atoms with van der Waals surface area (Å²) >= 11 is 1.71. The van der Waals surface area contributed by atoms with Gasteiger partial charge in [0, 0.05) is 56.3 Å². The summed E-state index contributed by atoms with van der Waals surface area (Å²) in [4.78, 5) is 21.0. The average Bonchev–Trinajstić information content (AvgIpc) is 3.31. The minimum Gasteiger partial charge on any atom is -0.393 e. The molecule has 6 rings (SSSR count). The first kappa shape index (κ1) is 26.3. The van der Waals surface area contributed by atoms with Crippen LogP contribution in [0.2, 0.25) is 0 Å². The maximum atomic E-state index is 9.76. The number of aliphatic hydroxyl groups is 1. The van der Waals surface area contributed by atoms with Crippen LogP contribution in [0.1, 0.15) is 55.8 Å². The van der Waals surface area contributed by atoms with Crippen molar-refractivity contribution < 1.29 is 9.84 Å². The number of thiazole rings is 1. The van der Waals surface area contributed by atoms with E-state index in [1.165, 1.54) is 5.56 Å². The zero-order chi connectivity index (χ0) is 26.8. The van der Waals surface area contributed by atoms with Gasteiger partial charge in [0.05, 0.1) is 39.2 Å². The number of ether oxygens (including phenoxy) is 1. The maximum absolute atomic E-state index is 9.76. The normalized spacial score (nSPS) is 24.2. The molecule has 1 saturated carbocycles. The van der Waals surface area contributed by atoms with Crippen molar-refractivity contribution in [2.24, 2.45) is 0 Å². The molecule has 0 unspecified atom stereocenters. The van der Waals surface area contributed by atoms with E-state index in [1.807, 2.05) is 24.7 Å². The van der Waals surface area contributed by atoms with E-state index in [1.54, 1.807) is 11.3 Å². The summed E-state index contributed by atoms with van der Waals surface area (Å²) in [6.45, 7) is 7.04. The quantitative estimate of drug-likeness (QED) is 0.333. The number of hydrogen-bond acceptors (Lipinski definition) is 9. The molecular weight excluding hydrogens is 508 g/mol. The van der Waals surface area contributed by atoms with E-state index in [2.05, 4.69) is 58.3 Å². The Kier molecular flexibility index (Phi) is 7.83. The molecule has 0 spiro atoms. The van der Waals surface area contributed by atoms with Crippen LogP contribution in [0.15, 0.2) is 48.9 Å². The molecule has 4 heterocycles. The summed E-state index contributed by atoms with van der Waals surface area (Å²) in [5, 5.41) is 14.2. The van der Waals surface area contributed by atoms with E-state index in [9.17, 15) is 5.11 Å². The van der Waals surface area contributed by atoms with Crippen LogP contribution in [0.5, 0.6) is 0 Å². The van der Waals surface area contributed by atoms with Crippen molar-refractivity contribution in [3.8, 4) is 11.1 Å². The maximum Gasteiger partial charge on any atom is 0.223 e. The van der Waals surface area contributed by atoms with Crippen LogP contribution in [-0.4, -0.2) is 67.4 Å². The standard InChI is InChI=1S/C30H36N6O2S/c1-19-16-36(17-20(2)38-19)18-21-11-23(15-31-14-21)22-3-8-27-28(12-22)39-29(35-27)13-25-9-10-32-30(34-25)33-24-4-6-26(37)7-5-24/h3,8-12,14-15,19-20,24,26,37H,4-7,13,16-18H2,1-2H3,(H,32,33,34)/t19-,20+,24?,26?. The predicted octanol–water partition coefficient (Wildman–Crippen LogP) is 5.06. The first-order chi connectivity index (χ1) is 19.0. The van der Waals surface area contributed by atoms with E-state index < -0.39 is 0 Å². The lowest BCUT2D eigenvalue weighted by atomic mass is 9.93. The minimum atomic E-state index is -0.169. The van der Waals surface area contributed by atoms with E-state index in [-0.39, 0.29) is 18.3 Å². The number of anilines is 1. The molecule has 2 N–H and O–H groups in total. The third-order valence-corrected chi connectivity index (χ3v) is 8.56. The van der Waals surface area contributed by atoms with Gasteiger partial charge in [-0.2, -0.15) is 0 Å². The number of morpholine rings is 1. The minimum absolute atomic E-state index is 0.169. The Morgan fingerprint density at radius 1 is 1.00 bits per heavy atom. The Morgan fingerprint density at radius 2 is 1.82 bits per heavy atom. The van der Waals surface area contributed by atoms with Crippen molar-refractivity contribution >= 4 is 27.5 Å². The van der Waals surface area contributed by atoms with Gasteiger partial charge in [-0.25, -0.2) is 15.0 Å². The van der Waals surface area contributed by atoms with Crippen LogP contribution in [0.3, 0.4) is 0 Å². The third kappa shape index (κ3) is 6.61. The number of hydrogen-bond donors (Lipinski definition) is 2. The molecule has 8 nitrogen and oxygen atoms in total. The van der Waals surface area contributed by atoms with E-state index in [0.29, 0.717) is 18.4 Å². The summed E-state index contributed by atoms with van der Waals surface area (Å²) < 4.78 is 7.05. The molecule has 0 amide bonds. The molecule has 9 heteroatoms.